The first-order valence-corrected chi connectivity index (χ1v) is 5.38. The second kappa shape index (κ2) is 9.14. The van der Waals surface area contributed by atoms with E-state index < -0.39 is 23.9 Å². The van der Waals surface area contributed by atoms with E-state index in [2.05, 4.69) is 11.8 Å². The molecule has 1 aromatic rings. The third-order valence-corrected chi connectivity index (χ3v) is 2.30. The van der Waals surface area contributed by atoms with Crippen LogP contribution in [0.3, 0.4) is 0 Å². The van der Waals surface area contributed by atoms with E-state index in [1.165, 1.54) is 19.1 Å². The molecule has 1 aromatic carbocycles. The molecule has 0 aliphatic heterocycles. The first-order valence-electron chi connectivity index (χ1n) is 5.38. The van der Waals surface area contributed by atoms with Gasteiger partial charge in [0.1, 0.15) is 6.10 Å². The molecule has 20 heavy (non-hydrogen) atoms. The maximum Gasteiger partial charge on any atom is 0.417 e. The molecule has 0 aliphatic rings. The Morgan fingerprint density at radius 1 is 1.25 bits per heavy atom. The molecule has 0 heterocycles. The van der Waals surface area contributed by atoms with Crippen LogP contribution in [0.15, 0.2) is 18.2 Å². The fourth-order valence-electron chi connectivity index (χ4n) is 1.50. The van der Waals surface area contributed by atoms with Gasteiger partial charge in [0.2, 0.25) is 0 Å². The van der Waals surface area contributed by atoms with Crippen molar-refractivity contribution in [2.75, 3.05) is 0 Å². The molecule has 0 fully saturated rings. The molecule has 0 radical (unpaired) electrons. The van der Waals surface area contributed by atoms with Crippen LogP contribution in [0.1, 0.15) is 36.6 Å². The first-order chi connectivity index (χ1) is 8.23. The van der Waals surface area contributed by atoms with Crippen LogP contribution in [0.5, 0.6) is 0 Å². The molecule has 0 unspecified atom stereocenters. The third kappa shape index (κ3) is 6.21. The third-order valence-electron chi connectivity index (χ3n) is 2.30. The molecule has 0 bridgehead atoms. The van der Waals surface area contributed by atoms with Crippen LogP contribution >= 0.6 is 12.4 Å². The summed E-state index contributed by atoms with van der Waals surface area (Å²) in [6.45, 7) is 2.97. The largest absolute Gasteiger partial charge is 0.417 e. The van der Waals surface area contributed by atoms with Crippen molar-refractivity contribution in [2.45, 2.75) is 32.2 Å². The molecular weight excluding hydrogens is 319 g/mol. The monoisotopic (exact) mass is 333 g/mol. The first kappa shape index (κ1) is 22.3. The molecular formula is C13H15ArClF3NO. The van der Waals surface area contributed by atoms with Gasteiger partial charge in [-0.25, -0.2) is 0 Å². The summed E-state index contributed by atoms with van der Waals surface area (Å²) in [6, 6.07) is 3.20. The van der Waals surface area contributed by atoms with Crippen molar-refractivity contribution in [3.63, 3.8) is 0 Å². The molecule has 0 aromatic heterocycles. The summed E-state index contributed by atoms with van der Waals surface area (Å²) in [5, 5.41) is 9.05. The number of halogens is 4. The molecule has 1 rings (SSSR count). The standard InChI is InChI=1S/C13H14F3NO.Ar.ClH/c1-8(18)6-7-11-10(9(2)17)4-3-5-12(11)13(14,15)16;;/h3-5,8-9,18H,17H2,1-2H3;;1H/t8-,9-;;/m1../s1. The fraction of sp³-hybridized carbons (Fsp3) is 0.385. The van der Waals surface area contributed by atoms with Crippen molar-refractivity contribution in [3.05, 3.63) is 34.9 Å². The smallest absolute Gasteiger partial charge is 0.381 e. The topological polar surface area (TPSA) is 46.2 Å². The fourth-order valence-corrected chi connectivity index (χ4v) is 1.50. The van der Waals surface area contributed by atoms with E-state index in [0.717, 1.165) is 6.07 Å². The number of aliphatic hydroxyl groups is 1. The normalized spacial score (nSPS) is 13.2. The summed E-state index contributed by atoms with van der Waals surface area (Å²) >= 11 is 0. The quantitative estimate of drug-likeness (QED) is 0.776. The average Bonchev–Trinajstić information content (AvgIpc) is 2.24. The van der Waals surface area contributed by atoms with Gasteiger partial charge in [0.05, 0.1) is 5.56 Å². The SMILES string of the molecule is C[C@@H](O)C#Cc1c([C@@H](C)N)cccc1C(F)(F)F.Cl.[Ar]. The van der Waals surface area contributed by atoms with Crippen molar-refractivity contribution in [2.24, 2.45) is 5.73 Å². The van der Waals surface area contributed by atoms with Crippen LogP contribution in [0.4, 0.5) is 13.2 Å². The maximum absolute atomic E-state index is 12.8. The summed E-state index contributed by atoms with van der Waals surface area (Å²) in [5.74, 6) is 4.69. The minimum absolute atomic E-state index is 0. The molecule has 7 heteroatoms. The summed E-state index contributed by atoms with van der Waals surface area (Å²) in [7, 11) is 0. The van der Waals surface area contributed by atoms with Gasteiger partial charge < -0.3 is 10.8 Å². The number of benzene rings is 1. The second-order valence-electron chi connectivity index (χ2n) is 4.00. The van der Waals surface area contributed by atoms with Crippen molar-refractivity contribution in [1.29, 1.82) is 0 Å². The molecule has 3 N–H and O–H groups in total. The molecule has 0 saturated carbocycles. The van der Waals surface area contributed by atoms with Crippen molar-refractivity contribution in [3.8, 4) is 11.8 Å². The molecule has 0 amide bonds. The van der Waals surface area contributed by atoms with Gasteiger partial charge in [-0.2, -0.15) is 13.2 Å². The molecule has 2 atom stereocenters. The van der Waals surface area contributed by atoms with Gasteiger partial charge in [-0.15, -0.1) is 12.4 Å². The molecule has 2 nitrogen and oxygen atoms in total. The Morgan fingerprint density at radius 3 is 2.20 bits per heavy atom. The Balaban J connectivity index is 0. The zero-order valence-corrected chi connectivity index (χ0v) is 12.3. The van der Waals surface area contributed by atoms with E-state index >= 15 is 0 Å². The van der Waals surface area contributed by atoms with Gasteiger partial charge >= 0.3 is 6.18 Å². The Labute approximate surface area is 152 Å². The average molecular weight is 334 g/mol. The molecule has 0 saturated heterocycles. The van der Waals surface area contributed by atoms with Gasteiger partial charge in [0, 0.05) is 49.3 Å². The maximum atomic E-state index is 12.8. The van der Waals surface area contributed by atoms with Crippen molar-refractivity contribution >= 4 is 12.4 Å². The van der Waals surface area contributed by atoms with E-state index in [0.29, 0.717) is 5.56 Å². The summed E-state index contributed by atoms with van der Waals surface area (Å²) < 4.78 is 38.5. The van der Waals surface area contributed by atoms with E-state index in [-0.39, 0.29) is 55.7 Å². The molecule has 0 aliphatic carbocycles. The van der Waals surface area contributed by atoms with Gasteiger partial charge in [-0.1, -0.05) is 24.0 Å². The van der Waals surface area contributed by atoms with Crippen molar-refractivity contribution < 1.29 is 56.0 Å². The number of alkyl halides is 3. The zero-order valence-electron chi connectivity index (χ0n) is 10.8. The van der Waals surface area contributed by atoms with Crippen LogP contribution in [0.2, 0.25) is 0 Å². The van der Waals surface area contributed by atoms with Gasteiger partial charge in [-0.3, -0.25) is 0 Å². The minimum atomic E-state index is -4.49. The number of rotatable bonds is 1. The Hall–Kier alpha value is 0.0397. The second-order valence-corrected chi connectivity index (χ2v) is 4.00. The number of hydrogen-bond acceptors (Lipinski definition) is 2. The predicted octanol–water partition coefficient (Wildman–Crippen LogP) is 2.88. The summed E-state index contributed by atoms with van der Waals surface area (Å²) in [4.78, 5) is 0. The molecule has 114 valence electrons. The van der Waals surface area contributed by atoms with Crippen LogP contribution in [0, 0.1) is 49.6 Å². The zero-order chi connectivity index (χ0) is 13.9. The Kier molecular flexibility index (Phi) is 10.2. The van der Waals surface area contributed by atoms with Crippen LogP contribution in [0.25, 0.3) is 0 Å². The number of aliphatic hydroxyl groups excluding tert-OH is 1. The van der Waals surface area contributed by atoms with E-state index in [1.54, 1.807) is 6.92 Å². The predicted molar refractivity (Wildman–Crippen MR) is 69.9 cm³/mol. The van der Waals surface area contributed by atoms with Gasteiger partial charge in [0.25, 0.3) is 0 Å². The van der Waals surface area contributed by atoms with Crippen molar-refractivity contribution in [1.82, 2.24) is 0 Å². The molecule has 0 spiro atoms. The van der Waals surface area contributed by atoms with Crippen LogP contribution in [-0.2, 0) is 6.18 Å². The van der Waals surface area contributed by atoms with Gasteiger partial charge in [0.15, 0.2) is 0 Å². The summed E-state index contributed by atoms with van der Waals surface area (Å²) in [5.41, 5.74) is 4.96. The van der Waals surface area contributed by atoms with Gasteiger partial charge in [-0.05, 0) is 25.5 Å². The van der Waals surface area contributed by atoms with E-state index in [9.17, 15) is 13.2 Å². The van der Waals surface area contributed by atoms with Crippen LogP contribution < -0.4 is 5.73 Å². The number of nitrogens with two attached hydrogens (primary N) is 1. The minimum Gasteiger partial charge on any atom is -0.381 e. The van der Waals surface area contributed by atoms with E-state index in [1.807, 2.05) is 0 Å². The summed E-state index contributed by atoms with van der Waals surface area (Å²) in [6.07, 6.45) is -5.49. The Morgan fingerprint density at radius 2 is 1.80 bits per heavy atom. The van der Waals surface area contributed by atoms with Crippen LogP contribution in [-0.4, -0.2) is 11.2 Å². The number of hydrogen-bond donors (Lipinski definition) is 2. The Bertz CT molecular complexity index is 493. The van der Waals surface area contributed by atoms with E-state index in [4.69, 9.17) is 10.8 Å².